The summed E-state index contributed by atoms with van der Waals surface area (Å²) in [6.07, 6.45) is -3.12. The molecule has 0 aliphatic carbocycles. The van der Waals surface area contributed by atoms with Gasteiger partial charge in [0.25, 0.3) is 5.78 Å². The number of nitrogens with zero attached hydrogens (tertiary/aromatic N) is 1. The first-order chi connectivity index (χ1) is 10.9. The van der Waals surface area contributed by atoms with Gasteiger partial charge in [0.15, 0.2) is 0 Å². The maximum atomic E-state index is 12.4. The van der Waals surface area contributed by atoms with E-state index in [2.05, 4.69) is 4.98 Å². The van der Waals surface area contributed by atoms with Crippen LogP contribution in [0, 0.1) is 6.92 Å². The molecule has 116 valence electrons. The number of benzene rings is 2. The highest BCUT2D eigenvalue weighted by Gasteiger charge is 2.39. The van der Waals surface area contributed by atoms with Crippen LogP contribution in [0.15, 0.2) is 54.7 Å². The third-order valence-corrected chi connectivity index (χ3v) is 3.68. The fourth-order valence-corrected chi connectivity index (χ4v) is 2.44. The predicted octanol–water partition coefficient (Wildman–Crippen LogP) is 4.96. The summed E-state index contributed by atoms with van der Waals surface area (Å²) in [5, 5.41) is 2.03. The van der Waals surface area contributed by atoms with Crippen LogP contribution < -0.4 is 0 Å². The lowest BCUT2D eigenvalue weighted by Crippen LogP contribution is -2.22. The Balaban J connectivity index is 1.98. The Morgan fingerprint density at radius 3 is 2.39 bits per heavy atom. The van der Waals surface area contributed by atoms with Gasteiger partial charge in [0.05, 0.1) is 5.69 Å². The van der Waals surface area contributed by atoms with Gasteiger partial charge in [-0.3, -0.25) is 9.78 Å². The SMILES string of the molecule is Cc1cccc2cc(-c3ccc(C(=O)C(F)(F)F)cc3)ncc12. The molecule has 0 saturated carbocycles. The minimum Gasteiger partial charge on any atom is -0.284 e. The van der Waals surface area contributed by atoms with Crippen LogP contribution in [0.3, 0.4) is 0 Å². The molecule has 0 fully saturated rings. The van der Waals surface area contributed by atoms with E-state index in [0.29, 0.717) is 11.3 Å². The van der Waals surface area contributed by atoms with Crippen LogP contribution >= 0.6 is 0 Å². The van der Waals surface area contributed by atoms with Crippen LogP contribution in [-0.4, -0.2) is 16.9 Å². The number of hydrogen-bond donors (Lipinski definition) is 0. The molecular formula is C18H12F3NO. The zero-order valence-electron chi connectivity index (χ0n) is 12.2. The quantitative estimate of drug-likeness (QED) is 0.626. The van der Waals surface area contributed by atoms with Crippen LogP contribution in [0.25, 0.3) is 22.0 Å². The summed E-state index contributed by atoms with van der Waals surface area (Å²) >= 11 is 0. The van der Waals surface area contributed by atoms with Crippen molar-refractivity contribution in [1.82, 2.24) is 4.98 Å². The highest BCUT2D eigenvalue weighted by atomic mass is 19.4. The number of carbonyl (C=O) groups is 1. The van der Waals surface area contributed by atoms with Crippen LogP contribution in [0.1, 0.15) is 15.9 Å². The average Bonchev–Trinajstić information content (AvgIpc) is 2.53. The van der Waals surface area contributed by atoms with E-state index in [9.17, 15) is 18.0 Å². The molecule has 0 bridgehead atoms. The number of Topliss-reactive ketones (excluding diaryl/α,β-unsaturated/α-hetero) is 1. The lowest BCUT2D eigenvalue weighted by Gasteiger charge is -2.07. The predicted molar refractivity (Wildman–Crippen MR) is 82.3 cm³/mol. The number of ketones is 1. The second kappa shape index (κ2) is 5.50. The van der Waals surface area contributed by atoms with E-state index in [4.69, 9.17) is 0 Å². The smallest absolute Gasteiger partial charge is 0.284 e. The van der Waals surface area contributed by atoms with Gasteiger partial charge in [-0.15, -0.1) is 0 Å². The number of alkyl halides is 3. The van der Waals surface area contributed by atoms with Crippen LogP contribution in [0.2, 0.25) is 0 Å². The Morgan fingerprint density at radius 2 is 1.74 bits per heavy atom. The summed E-state index contributed by atoms with van der Waals surface area (Å²) < 4.78 is 37.2. The second-order valence-electron chi connectivity index (χ2n) is 5.27. The Labute approximate surface area is 130 Å². The summed E-state index contributed by atoms with van der Waals surface area (Å²) in [5.41, 5.74) is 2.03. The maximum absolute atomic E-state index is 12.4. The molecule has 0 radical (unpaired) electrons. The first kappa shape index (κ1) is 15.2. The number of hydrogen-bond acceptors (Lipinski definition) is 2. The molecule has 1 heterocycles. The Hall–Kier alpha value is -2.69. The summed E-state index contributed by atoms with van der Waals surface area (Å²) in [6.45, 7) is 1.99. The van der Waals surface area contributed by atoms with Crippen molar-refractivity contribution in [3.8, 4) is 11.3 Å². The zero-order chi connectivity index (χ0) is 16.6. The van der Waals surface area contributed by atoms with Gasteiger partial charge in [0, 0.05) is 22.7 Å². The van der Waals surface area contributed by atoms with E-state index < -0.39 is 12.0 Å². The third-order valence-electron chi connectivity index (χ3n) is 3.68. The maximum Gasteiger partial charge on any atom is 0.454 e. The van der Waals surface area contributed by atoms with Crippen molar-refractivity contribution in [3.05, 3.63) is 65.9 Å². The van der Waals surface area contributed by atoms with Crippen molar-refractivity contribution in [2.75, 3.05) is 0 Å². The van der Waals surface area contributed by atoms with Crippen molar-refractivity contribution < 1.29 is 18.0 Å². The highest BCUT2D eigenvalue weighted by Crippen LogP contribution is 2.26. The van der Waals surface area contributed by atoms with Gasteiger partial charge >= 0.3 is 6.18 Å². The molecule has 0 N–H and O–H groups in total. The zero-order valence-corrected chi connectivity index (χ0v) is 12.2. The lowest BCUT2D eigenvalue weighted by atomic mass is 10.0. The molecule has 2 aromatic carbocycles. The molecule has 3 rings (SSSR count). The average molecular weight is 315 g/mol. The number of pyridine rings is 1. The van der Waals surface area contributed by atoms with Gasteiger partial charge in [0.1, 0.15) is 0 Å². The number of aryl methyl sites for hydroxylation is 1. The Morgan fingerprint density at radius 1 is 1.04 bits per heavy atom. The van der Waals surface area contributed by atoms with Gasteiger partial charge in [-0.05, 0) is 23.9 Å². The minimum absolute atomic E-state index is 0.377. The van der Waals surface area contributed by atoms with E-state index in [1.807, 2.05) is 31.2 Å². The van der Waals surface area contributed by atoms with Crippen molar-refractivity contribution in [2.24, 2.45) is 0 Å². The van der Waals surface area contributed by atoms with Gasteiger partial charge < -0.3 is 0 Å². The number of halogens is 3. The lowest BCUT2D eigenvalue weighted by molar-refractivity contribution is -0.0885. The summed E-state index contributed by atoms with van der Waals surface area (Å²) in [4.78, 5) is 15.5. The molecule has 3 aromatic rings. The highest BCUT2D eigenvalue weighted by molar-refractivity contribution is 6.00. The van der Waals surface area contributed by atoms with E-state index >= 15 is 0 Å². The van der Waals surface area contributed by atoms with Gasteiger partial charge in [0.2, 0.25) is 0 Å². The van der Waals surface area contributed by atoms with Crippen molar-refractivity contribution in [1.29, 1.82) is 0 Å². The Kier molecular flexibility index (Phi) is 3.64. The van der Waals surface area contributed by atoms with E-state index in [1.165, 1.54) is 24.3 Å². The van der Waals surface area contributed by atoms with E-state index in [-0.39, 0.29) is 5.56 Å². The van der Waals surface area contributed by atoms with Gasteiger partial charge in [-0.25, -0.2) is 0 Å². The van der Waals surface area contributed by atoms with Crippen molar-refractivity contribution in [3.63, 3.8) is 0 Å². The van der Waals surface area contributed by atoms with E-state index in [0.717, 1.165) is 16.3 Å². The molecule has 0 unspecified atom stereocenters. The largest absolute Gasteiger partial charge is 0.454 e. The number of aromatic nitrogens is 1. The topological polar surface area (TPSA) is 30.0 Å². The molecular weight excluding hydrogens is 303 g/mol. The fourth-order valence-electron chi connectivity index (χ4n) is 2.44. The fraction of sp³-hybridized carbons (Fsp3) is 0.111. The molecule has 0 atom stereocenters. The second-order valence-corrected chi connectivity index (χ2v) is 5.27. The standard InChI is InChI=1S/C18H12F3NO/c1-11-3-2-4-14-9-16(22-10-15(11)14)12-5-7-13(8-6-12)17(23)18(19,20)21/h2-10H,1H3. The van der Waals surface area contributed by atoms with Crippen molar-refractivity contribution >= 4 is 16.6 Å². The van der Waals surface area contributed by atoms with Crippen molar-refractivity contribution in [2.45, 2.75) is 13.1 Å². The molecule has 0 spiro atoms. The molecule has 23 heavy (non-hydrogen) atoms. The molecule has 0 aliphatic rings. The summed E-state index contributed by atoms with van der Waals surface area (Å²) in [7, 11) is 0. The van der Waals surface area contributed by atoms with Crippen LogP contribution in [0.4, 0.5) is 13.2 Å². The molecule has 0 saturated heterocycles. The molecule has 2 nitrogen and oxygen atoms in total. The molecule has 0 aliphatic heterocycles. The van der Waals surface area contributed by atoms with E-state index in [1.54, 1.807) is 6.20 Å². The van der Waals surface area contributed by atoms with Crippen LogP contribution in [-0.2, 0) is 0 Å². The summed E-state index contributed by atoms with van der Waals surface area (Å²) in [6, 6.07) is 13.1. The molecule has 1 aromatic heterocycles. The van der Waals surface area contributed by atoms with Crippen LogP contribution in [0.5, 0.6) is 0 Å². The number of rotatable bonds is 2. The summed E-state index contributed by atoms with van der Waals surface area (Å²) in [5.74, 6) is -1.84. The first-order valence-corrected chi connectivity index (χ1v) is 6.93. The normalized spacial score (nSPS) is 11.7. The molecule has 0 amide bonds. The monoisotopic (exact) mass is 315 g/mol. The Bertz CT molecular complexity index is 883. The van der Waals surface area contributed by atoms with Gasteiger partial charge in [-0.2, -0.15) is 13.2 Å². The minimum atomic E-state index is -4.86. The number of carbonyl (C=O) groups excluding carboxylic acids is 1. The number of fused-ring (bicyclic) bond motifs is 1. The first-order valence-electron chi connectivity index (χ1n) is 6.93. The third kappa shape index (κ3) is 2.95. The molecule has 5 heteroatoms. The van der Waals surface area contributed by atoms with Gasteiger partial charge in [-0.1, -0.05) is 42.5 Å².